The topological polar surface area (TPSA) is 56.0 Å². The molecule has 0 unspecified atom stereocenters. The molecule has 0 fully saturated rings. The lowest BCUT2D eigenvalue weighted by Gasteiger charge is -2.04. The summed E-state index contributed by atoms with van der Waals surface area (Å²) < 4.78 is 1.87. The van der Waals surface area contributed by atoms with E-state index in [4.69, 9.17) is 5.10 Å². The van der Waals surface area contributed by atoms with Gasteiger partial charge < -0.3 is 0 Å². The fraction of sp³-hybridized carbons (Fsp3) is 0.250. The Balaban J connectivity index is 1.95. The van der Waals surface area contributed by atoms with Crippen LogP contribution in [-0.4, -0.2) is 24.8 Å². The molecule has 0 atom stereocenters. The van der Waals surface area contributed by atoms with Crippen LogP contribution in [0.15, 0.2) is 30.3 Å². The second-order valence-electron chi connectivity index (χ2n) is 5.30. The molecule has 0 aliphatic rings. The number of hydrogen-bond donors (Lipinski definition) is 0. The van der Waals surface area contributed by atoms with Crippen molar-refractivity contribution in [3.63, 3.8) is 0 Å². The van der Waals surface area contributed by atoms with Crippen LogP contribution in [0.1, 0.15) is 24.9 Å². The van der Waals surface area contributed by atoms with Crippen molar-refractivity contribution in [2.24, 2.45) is 0 Å². The Hall–Kier alpha value is -2.34. The summed E-state index contributed by atoms with van der Waals surface area (Å²) in [6.07, 6.45) is 1.92. The number of rotatable bonds is 3. The van der Waals surface area contributed by atoms with Crippen LogP contribution >= 0.6 is 11.3 Å². The third kappa shape index (κ3) is 2.07. The summed E-state index contributed by atoms with van der Waals surface area (Å²) in [5.74, 6) is 0.926. The van der Waals surface area contributed by atoms with Gasteiger partial charge in [0.05, 0.1) is 5.52 Å². The van der Waals surface area contributed by atoms with Gasteiger partial charge >= 0.3 is 0 Å². The van der Waals surface area contributed by atoms with Crippen LogP contribution in [0.25, 0.3) is 26.4 Å². The first kappa shape index (κ1) is 13.3. The molecule has 4 aromatic rings. The predicted octanol–water partition coefficient (Wildman–Crippen LogP) is 3.66. The van der Waals surface area contributed by atoms with E-state index in [1.807, 2.05) is 29.6 Å². The van der Waals surface area contributed by atoms with Gasteiger partial charge in [-0.15, -0.1) is 10.2 Å². The molecule has 1 aromatic carbocycles. The molecule has 0 N–H and O–H groups in total. The fourth-order valence-electron chi connectivity index (χ4n) is 2.63. The molecule has 0 aliphatic heterocycles. The first-order valence-corrected chi connectivity index (χ1v) is 8.16. The highest BCUT2D eigenvalue weighted by Crippen LogP contribution is 2.31. The van der Waals surface area contributed by atoms with Gasteiger partial charge in [-0.1, -0.05) is 36.5 Å². The summed E-state index contributed by atoms with van der Waals surface area (Å²) in [7, 11) is 0. The van der Waals surface area contributed by atoms with E-state index in [-0.39, 0.29) is 0 Å². The van der Waals surface area contributed by atoms with Crippen molar-refractivity contribution in [2.45, 2.75) is 26.7 Å². The first-order chi connectivity index (χ1) is 10.8. The molecule has 6 heteroatoms. The minimum Gasteiger partial charge on any atom is -0.253 e. The molecular formula is C16H15N5S. The number of aromatic nitrogens is 5. The van der Waals surface area contributed by atoms with Crippen molar-refractivity contribution >= 4 is 27.2 Å². The van der Waals surface area contributed by atoms with Gasteiger partial charge in [-0.3, -0.25) is 4.98 Å². The lowest BCUT2D eigenvalue weighted by Crippen LogP contribution is -1.95. The van der Waals surface area contributed by atoms with Crippen LogP contribution in [-0.2, 0) is 6.42 Å². The molecule has 110 valence electrons. The Morgan fingerprint density at radius 2 is 2.05 bits per heavy atom. The van der Waals surface area contributed by atoms with Gasteiger partial charge in [-0.05, 0) is 25.5 Å². The van der Waals surface area contributed by atoms with Gasteiger partial charge in [0.2, 0.25) is 4.96 Å². The third-order valence-electron chi connectivity index (χ3n) is 3.60. The molecule has 22 heavy (non-hydrogen) atoms. The lowest BCUT2D eigenvalue weighted by atomic mass is 10.1. The highest BCUT2D eigenvalue weighted by atomic mass is 32.1. The summed E-state index contributed by atoms with van der Waals surface area (Å²) in [6.45, 7) is 4.15. The van der Waals surface area contributed by atoms with E-state index in [1.54, 1.807) is 11.3 Å². The minimum absolute atomic E-state index is 0.844. The second kappa shape index (κ2) is 5.14. The molecule has 0 amide bonds. The molecule has 0 bridgehead atoms. The number of nitrogens with zero attached hydrogens (tertiary/aromatic N) is 5. The average molecular weight is 309 g/mol. The second-order valence-corrected chi connectivity index (χ2v) is 6.25. The van der Waals surface area contributed by atoms with Crippen molar-refractivity contribution in [1.82, 2.24) is 24.8 Å². The van der Waals surface area contributed by atoms with Crippen molar-refractivity contribution in [3.05, 3.63) is 41.9 Å². The summed E-state index contributed by atoms with van der Waals surface area (Å²) >= 11 is 1.57. The maximum absolute atomic E-state index is 4.74. The molecule has 3 aromatic heterocycles. The van der Waals surface area contributed by atoms with E-state index in [0.29, 0.717) is 0 Å². The molecule has 0 radical (unpaired) electrons. The van der Waals surface area contributed by atoms with Gasteiger partial charge in [0.25, 0.3) is 0 Å². The maximum atomic E-state index is 4.74. The summed E-state index contributed by atoms with van der Waals surface area (Å²) in [5, 5.41) is 15.3. The molecule has 0 aliphatic carbocycles. The van der Waals surface area contributed by atoms with E-state index in [2.05, 4.69) is 34.2 Å². The van der Waals surface area contributed by atoms with Crippen molar-refractivity contribution in [3.8, 4) is 10.6 Å². The third-order valence-corrected chi connectivity index (χ3v) is 4.54. The number of benzene rings is 1. The van der Waals surface area contributed by atoms with Gasteiger partial charge in [-0.2, -0.15) is 9.61 Å². The Bertz CT molecular complexity index is 969. The van der Waals surface area contributed by atoms with E-state index in [0.717, 1.165) is 50.8 Å². The number of fused-ring (bicyclic) bond motifs is 2. The standard InChI is InChI=1S/C16H15N5S/c1-3-6-14-18-19-16-21(14)20-15(22-16)12-9-10(2)17-13-8-5-4-7-11(12)13/h4-5,7-9H,3,6H2,1-2H3. The van der Waals surface area contributed by atoms with Gasteiger partial charge in [-0.25, -0.2) is 0 Å². The quantitative estimate of drug-likeness (QED) is 0.579. The van der Waals surface area contributed by atoms with Crippen LogP contribution in [0.5, 0.6) is 0 Å². The zero-order valence-corrected chi connectivity index (χ0v) is 13.3. The number of aryl methyl sites for hydroxylation is 2. The summed E-state index contributed by atoms with van der Waals surface area (Å²) in [6, 6.07) is 10.3. The van der Waals surface area contributed by atoms with E-state index in [9.17, 15) is 0 Å². The van der Waals surface area contributed by atoms with Crippen molar-refractivity contribution in [2.75, 3.05) is 0 Å². The van der Waals surface area contributed by atoms with Gasteiger partial charge in [0.1, 0.15) is 5.01 Å². The Kier molecular flexibility index (Phi) is 3.11. The molecule has 5 nitrogen and oxygen atoms in total. The Morgan fingerprint density at radius 3 is 2.91 bits per heavy atom. The monoisotopic (exact) mass is 309 g/mol. The Labute approximate surface area is 131 Å². The fourth-order valence-corrected chi connectivity index (χ4v) is 3.52. The molecule has 0 saturated heterocycles. The van der Waals surface area contributed by atoms with Crippen LogP contribution in [0.2, 0.25) is 0 Å². The van der Waals surface area contributed by atoms with E-state index < -0.39 is 0 Å². The lowest BCUT2D eigenvalue weighted by molar-refractivity contribution is 0.778. The SMILES string of the molecule is CCCc1nnc2sc(-c3cc(C)nc4ccccc34)nn12. The molecule has 3 heterocycles. The normalized spacial score (nSPS) is 11.5. The zero-order chi connectivity index (χ0) is 15.1. The van der Waals surface area contributed by atoms with E-state index in [1.165, 1.54) is 0 Å². The largest absolute Gasteiger partial charge is 0.253 e. The molecular weight excluding hydrogens is 294 g/mol. The molecule has 0 spiro atoms. The van der Waals surface area contributed by atoms with Crippen LogP contribution in [0.3, 0.4) is 0 Å². The van der Waals surface area contributed by atoms with Crippen molar-refractivity contribution in [1.29, 1.82) is 0 Å². The zero-order valence-electron chi connectivity index (χ0n) is 12.4. The smallest absolute Gasteiger partial charge is 0.234 e. The Morgan fingerprint density at radius 1 is 1.18 bits per heavy atom. The van der Waals surface area contributed by atoms with Crippen molar-refractivity contribution < 1.29 is 0 Å². The molecule has 4 rings (SSSR count). The van der Waals surface area contributed by atoms with Gasteiger partial charge in [0.15, 0.2) is 5.82 Å². The number of para-hydroxylation sites is 1. The van der Waals surface area contributed by atoms with Crippen LogP contribution in [0, 0.1) is 6.92 Å². The number of pyridine rings is 1. The summed E-state index contributed by atoms with van der Waals surface area (Å²) in [4.78, 5) is 5.44. The van der Waals surface area contributed by atoms with Gasteiger partial charge in [0, 0.05) is 23.1 Å². The number of hydrogen-bond acceptors (Lipinski definition) is 5. The van der Waals surface area contributed by atoms with E-state index >= 15 is 0 Å². The van der Waals surface area contributed by atoms with Crippen LogP contribution < -0.4 is 0 Å². The highest BCUT2D eigenvalue weighted by Gasteiger charge is 2.15. The highest BCUT2D eigenvalue weighted by molar-refractivity contribution is 7.19. The first-order valence-electron chi connectivity index (χ1n) is 7.34. The summed E-state index contributed by atoms with van der Waals surface area (Å²) in [5.41, 5.74) is 3.10. The van der Waals surface area contributed by atoms with Crippen LogP contribution in [0.4, 0.5) is 0 Å². The maximum Gasteiger partial charge on any atom is 0.234 e. The average Bonchev–Trinajstić information content (AvgIpc) is 3.08. The molecule has 0 saturated carbocycles. The predicted molar refractivity (Wildman–Crippen MR) is 88.1 cm³/mol. The minimum atomic E-state index is 0.844.